The highest BCUT2D eigenvalue weighted by atomic mass is 16.5. The Hall–Kier alpha value is -2.39. The Bertz CT molecular complexity index is 840. The van der Waals surface area contributed by atoms with Crippen molar-refractivity contribution in [3.05, 3.63) is 77.9 Å². The molecule has 1 aliphatic carbocycles. The lowest BCUT2D eigenvalue weighted by atomic mass is 9.74. The van der Waals surface area contributed by atoms with E-state index < -0.39 is 0 Å². The Balaban J connectivity index is 1.58. The van der Waals surface area contributed by atoms with Gasteiger partial charge in [-0.1, -0.05) is 73.9 Å². The Kier molecular flexibility index (Phi) is 7.01. The third kappa shape index (κ3) is 4.84. The normalized spacial score (nSPS) is 22.3. The summed E-state index contributed by atoms with van der Waals surface area (Å²) in [6, 6.07) is 19.9. The standard InChI is InChI=1S/C27H34N2O/c1-30-26-16-9-8-13-23(26)21-27(18-10-19-29-27)25(22-11-4-2-5-12-22)17-20-28-24-14-6-3-7-15-24/h2,4-5,8-13,16,18-19,24-25,28H,3,6-7,14-15,17,20-21H2,1H3. The quantitative estimate of drug-likeness (QED) is 0.582. The average Bonchev–Trinajstić information content (AvgIpc) is 3.27. The fraction of sp³-hybridized carbons (Fsp3) is 0.444. The highest BCUT2D eigenvalue weighted by Gasteiger charge is 2.39. The second-order valence-corrected chi connectivity index (χ2v) is 8.66. The van der Waals surface area contributed by atoms with Gasteiger partial charge in [0.05, 0.1) is 12.6 Å². The second kappa shape index (κ2) is 10.1. The molecule has 0 saturated heterocycles. The molecule has 2 unspecified atom stereocenters. The molecule has 0 bridgehead atoms. The van der Waals surface area contributed by atoms with E-state index in [1.807, 2.05) is 18.3 Å². The van der Waals surface area contributed by atoms with Crippen molar-refractivity contribution >= 4 is 6.21 Å². The first-order valence-electron chi connectivity index (χ1n) is 11.4. The zero-order valence-electron chi connectivity index (χ0n) is 18.1. The zero-order chi connectivity index (χ0) is 20.7. The summed E-state index contributed by atoms with van der Waals surface area (Å²) in [4.78, 5) is 5.06. The fourth-order valence-corrected chi connectivity index (χ4v) is 5.15. The maximum absolute atomic E-state index is 5.66. The molecule has 0 radical (unpaired) electrons. The van der Waals surface area contributed by atoms with E-state index in [1.165, 1.54) is 43.2 Å². The van der Waals surface area contributed by atoms with Gasteiger partial charge in [0.25, 0.3) is 0 Å². The SMILES string of the molecule is COc1ccccc1CC1(C(CCNC2CCCCC2)c2ccccc2)C=CC=N1. The largest absolute Gasteiger partial charge is 0.496 e. The fourth-order valence-electron chi connectivity index (χ4n) is 5.15. The van der Waals surface area contributed by atoms with Crippen LogP contribution in [0.2, 0.25) is 0 Å². The van der Waals surface area contributed by atoms with E-state index in [2.05, 4.69) is 59.9 Å². The number of hydrogen-bond acceptors (Lipinski definition) is 3. The first-order valence-corrected chi connectivity index (χ1v) is 11.4. The number of nitrogens with zero attached hydrogens (tertiary/aromatic N) is 1. The van der Waals surface area contributed by atoms with Crippen LogP contribution in [0.15, 0.2) is 71.7 Å². The van der Waals surface area contributed by atoms with Gasteiger partial charge in [0.1, 0.15) is 5.75 Å². The van der Waals surface area contributed by atoms with Crippen LogP contribution in [0, 0.1) is 0 Å². The van der Waals surface area contributed by atoms with Crippen LogP contribution in [0.1, 0.15) is 55.6 Å². The molecule has 0 aromatic heterocycles. The van der Waals surface area contributed by atoms with E-state index in [9.17, 15) is 0 Å². The van der Waals surface area contributed by atoms with Crippen molar-refractivity contribution in [3.8, 4) is 5.75 Å². The van der Waals surface area contributed by atoms with E-state index in [0.29, 0.717) is 12.0 Å². The number of hydrogen-bond donors (Lipinski definition) is 1. The molecule has 3 heteroatoms. The smallest absolute Gasteiger partial charge is 0.122 e. The Morgan fingerprint density at radius 2 is 1.80 bits per heavy atom. The summed E-state index contributed by atoms with van der Waals surface area (Å²) < 4.78 is 5.66. The molecule has 2 aromatic carbocycles. The van der Waals surface area contributed by atoms with Gasteiger partial charge in [-0.05, 0) is 49.1 Å². The van der Waals surface area contributed by atoms with Crippen LogP contribution in [-0.4, -0.2) is 31.4 Å². The van der Waals surface area contributed by atoms with Crippen LogP contribution in [0.5, 0.6) is 5.75 Å². The van der Waals surface area contributed by atoms with E-state index in [4.69, 9.17) is 9.73 Å². The average molecular weight is 403 g/mol. The monoisotopic (exact) mass is 402 g/mol. The molecule has 0 spiro atoms. The van der Waals surface area contributed by atoms with Crippen molar-refractivity contribution in [2.45, 2.75) is 62.4 Å². The van der Waals surface area contributed by atoms with Gasteiger partial charge < -0.3 is 10.1 Å². The van der Waals surface area contributed by atoms with Gasteiger partial charge in [-0.15, -0.1) is 0 Å². The molecular weight excluding hydrogens is 368 g/mol. The summed E-state index contributed by atoms with van der Waals surface area (Å²) in [5.41, 5.74) is 2.30. The predicted octanol–water partition coefficient (Wildman–Crippen LogP) is 5.71. The van der Waals surface area contributed by atoms with E-state index in [0.717, 1.165) is 25.1 Å². The van der Waals surface area contributed by atoms with E-state index in [-0.39, 0.29) is 5.54 Å². The molecule has 2 aliphatic rings. The molecule has 1 fully saturated rings. The summed E-state index contributed by atoms with van der Waals surface area (Å²) in [5.74, 6) is 1.26. The van der Waals surface area contributed by atoms with Gasteiger partial charge in [-0.2, -0.15) is 0 Å². The van der Waals surface area contributed by atoms with E-state index in [1.54, 1.807) is 7.11 Å². The van der Waals surface area contributed by atoms with Crippen molar-refractivity contribution in [2.75, 3.05) is 13.7 Å². The molecule has 2 atom stereocenters. The Labute approximate surface area is 181 Å². The first-order chi connectivity index (χ1) is 14.8. The van der Waals surface area contributed by atoms with Gasteiger partial charge in [0, 0.05) is 24.6 Å². The molecule has 2 aromatic rings. The maximum Gasteiger partial charge on any atom is 0.122 e. The highest BCUT2D eigenvalue weighted by molar-refractivity contribution is 5.76. The topological polar surface area (TPSA) is 33.6 Å². The van der Waals surface area contributed by atoms with Gasteiger partial charge in [0.15, 0.2) is 0 Å². The summed E-state index contributed by atoms with van der Waals surface area (Å²) in [7, 11) is 1.75. The minimum Gasteiger partial charge on any atom is -0.496 e. The highest BCUT2D eigenvalue weighted by Crippen LogP contribution is 2.41. The molecule has 1 heterocycles. The number of rotatable bonds is 9. The molecule has 4 rings (SSSR count). The summed E-state index contributed by atoms with van der Waals surface area (Å²) >= 11 is 0. The van der Waals surface area contributed by atoms with Crippen LogP contribution >= 0.6 is 0 Å². The van der Waals surface area contributed by atoms with Gasteiger partial charge >= 0.3 is 0 Å². The number of methoxy groups -OCH3 is 1. The molecule has 3 nitrogen and oxygen atoms in total. The van der Waals surface area contributed by atoms with Crippen LogP contribution < -0.4 is 10.1 Å². The van der Waals surface area contributed by atoms with Crippen LogP contribution in [0.3, 0.4) is 0 Å². The van der Waals surface area contributed by atoms with Crippen molar-refractivity contribution in [3.63, 3.8) is 0 Å². The number of nitrogens with one attached hydrogen (secondary N) is 1. The summed E-state index contributed by atoms with van der Waals surface area (Å²) in [6.45, 7) is 1.03. The van der Waals surface area contributed by atoms with Crippen LogP contribution in [-0.2, 0) is 6.42 Å². The first kappa shape index (κ1) is 20.9. The molecule has 1 aliphatic heterocycles. The lowest BCUT2D eigenvalue weighted by molar-refractivity contribution is 0.344. The number of ether oxygens (including phenoxy) is 1. The predicted molar refractivity (Wildman–Crippen MR) is 126 cm³/mol. The zero-order valence-corrected chi connectivity index (χ0v) is 18.1. The third-order valence-corrected chi connectivity index (χ3v) is 6.73. The lowest BCUT2D eigenvalue weighted by Crippen LogP contribution is -2.38. The number of aliphatic imine (C=N–C) groups is 1. The minimum absolute atomic E-state index is 0.274. The Morgan fingerprint density at radius 1 is 1.03 bits per heavy atom. The van der Waals surface area contributed by atoms with E-state index >= 15 is 0 Å². The van der Waals surface area contributed by atoms with Crippen LogP contribution in [0.4, 0.5) is 0 Å². The van der Waals surface area contributed by atoms with Crippen LogP contribution in [0.25, 0.3) is 0 Å². The molecule has 1 N–H and O–H groups in total. The van der Waals surface area contributed by atoms with Crippen molar-refractivity contribution < 1.29 is 4.74 Å². The molecule has 0 amide bonds. The second-order valence-electron chi connectivity index (χ2n) is 8.66. The molecule has 158 valence electrons. The lowest BCUT2D eigenvalue weighted by Gasteiger charge is -2.35. The van der Waals surface area contributed by atoms with Gasteiger partial charge in [-0.25, -0.2) is 0 Å². The number of para-hydroxylation sites is 1. The molecule has 30 heavy (non-hydrogen) atoms. The Morgan fingerprint density at radius 3 is 2.53 bits per heavy atom. The van der Waals surface area contributed by atoms with Crippen molar-refractivity contribution in [1.82, 2.24) is 5.32 Å². The summed E-state index contributed by atoms with van der Waals surface area (Å²) in [5, 5.41) is 3.85. The minimum atomic E-state index is -0.274. The number of benzene rings is 2. The maximum atomic E-state index is 5.66. The molecule has 1 saturated carbocycles. The summed E-state index contributed by atoms with van der Waals surface area (Å²) in [6.07, 6.45) is 15.1. The van der Waals surface area contributed by atoms with Crippen molar-refractivity contribution in [2.24, 2.45) is 4.99 Å². The van der Waals surface area contributed by atoms with Crippen molar-refractivity contribution in [1.29, 1.82) is 0 Å². The van der Waals surface area contributed by atoms with Gasteiger partial charge in [-0.3, -0.25) is 4.99 Å². The number of allylic oxidation sites excluding steroid dienone is 1. The molecular formula is C27H34N2O. The third-order valence-electron chi connectivity index (χ3n) is 6.73. The van der Waals surface area contributed by atoms with Gasteiger partial charge in [0.2, 0.25) is 0 Å².